The molecular formula is C18H19NO4. The van der Waals surface area contributed by atoms with Crippen molar-refractivity contribution in [2.75, 3.05) is 0 Å². The number of carbonyl (C=O) groups excluding carboxylic acids is 1. The average Bonchev–Trinajstić information content (AvgIpc) is 3.16. The van der Waals surface area contributed by atoms with E-state index in [-0.39, 0.29) is 11.9 Å². The van der Waals surface area contributed by atoms with Crippen LogP contribution in [0.15, 0.2) is 36.4 Å². The second kappa shape index (κ2) is 5.49. The lowest BCUT2D eigenvalue weighted by atomic mass is 9.81. The van der Waals surface area contributed by atoms with Gasteiger partial charge in [-0.25, -0.2) is 0 Å². The van der Waals surface area contributed by atoms with E-state index in [4.69, 9.17) is 4.74 Å². The molecule has 2 bridgehead atoms. The van der Waals surface area contributed by atoms with Gasteiger partial charge in [0.05, 0.1) is 24.2 Å². The summed E-state index contributed by atoms with van der Waals surface area (Å²) in [5.74, 6) is -2.61. The molecule has 120 valence electrons. The summed E-state index contributed by atoms with van der Waals surface area (Å²) in [6.07, 6.45) is 5.61. The summed E-state index contributed by atoms with van der Waals surface area (Å²) in [5, 5.41) is 12.5. The van der Waals surface area contributed by atoms with Crippen LogP contribution in [-0.4, -0.2) is 29.2 Å². The van der Waals surface area contributed by atoms with Gasteiger partial charge in [0.2, 0.25) is 5.91 Å². The van der Waals surface area contributed by atoms with Gasteiger partial charge in [0, 0.05) is 0 Å². The maximum absolute atomic E-state index is 12.7. The Morgan fingerprint density at radius 3 is 2.65 bits per heavy atom. The molecule has 1 fully saturated rings. The molecule has 0 unspecified atom stereocenters. The molecule has 1 aromatic carbocycles. The highest BCUT2D eigenvalue weighted by molar-refractivity contribution is 5.87. The summed E-state index contributed by atoms with van der Waals surface area (Å²) in [7, 11) is 0. The Labute approximate surface area is 134 Å². The fourth-order valence-corrected chi connectivity index (χ4v) is 4.09. The van der Waals surface area contributed by atoms with Crippen LogP contribution in [0.25, 0.3) is 0 Å². The Bertz CT molecular complexity index is 683. The first-order valence-corrected chi connectivity index (χ1v) is 8.10. The van der Waals surface area contributed by atoms with Crippen molar-refractivity contribution in [1.29, 1.82) is 0 Å². The van der Waals surface area contributed by atoms with Crippen molar-refractivity contribution in [3.63, 3.8) is 0 Å². The van der Waals surface area contributed by atoms with Gasteiger partial charge in [0.15, 0.2) is 0 Å². The molecule has 5 nitrogen and oxygen atoms in total. The normalized spacial score (nSPS) is 34.2. The molecule has 0 radical (unpaired) electrons. The van der Waals surface area contributed by atoms with Gasteiger partial charge >= 0.3 is 5.97 Å². The standard InChI is InChI=1S/C18H19NO4/c20-17(15-13-8-9-14(23-13)16(15)18(21)22)19-12-7-3-5-10-4-1-2-6-11(10)12/h1-2,4,6,8-9,12-16H,3,5,7H2,(H,19,20)(H,21,22)/t12-,13-,14-,15+,16+/m1/s1. The number of amides is 1. The number of benzene rings is 1. The fourth-order valence-electron chi connectivity index (χ4n) is 4.09. The van der Waals surface area contributed by atoms with Crippen molar-refractivity contribution in [3.05, 3.63) is 47.5 Å². The summed E-state index contributed by atoms with van der Waals surface area (Å²) >= 11 is 0. The summed E-state index contributed by atoms with van der Waals surface area (Å²) in [4.78, 5) is 24.2. The second-order valence-electron chi connectivity index (χ2n) is 6.49. The third kappa shape index (κ3) is 2.36. The van der Waals surface area contributed by atoms with Crippen molar-refractivity contribution in [2.45, 2.75) is 37.5 Å². The van der Waals surface area contributed by atoms with Gasteiger partial charge < -0.3 is 15.2 Å². The zero-order valence-corrected chi connectivity index (χ0v) is 12.6. The Balaban J connectivity index is 1.55. The van der Waals surface area contributed by atoms with Crippen LogP contribution in [0.3, 0.4) is 0 Å². The van der Waals surface area contributed by atoms with Gasteiger partial charge in [-0.3, -0.25) is 9.59 Å². The van der Waals surface area contributed by atoms with Crippen molar-refractivity contribution in [1.82, 2.24) is 5.32 Å². The Hall–Kier alpha value is -2.14. The Morgan fingerprint density at radius 1 is 1.13 bits per heavy atom. The smallest absolute Gasteiger partial charge is 0.310 e. The van der Waals surface area contributed by atoms with E-state index in [2.05, 4.69) is 11.4 Å². The number of rotatable bonds is 3. The van der Waals surface area contributed by atoms with E-state index in [0.29, 0.717) is 0 Å². The van der Waals surface area contributed by atoms with E-state index in [1.54, 1.807) is 6.08 Å². The minimum Gasteiger partial charge on any atom is -0.481 e. The van der Waals surface area contributed by atoms with E-state index in [1.807, 2.05) is 24.3 Å². The average molecular weight is 313 g/mol. The molecule has 0 spiro atoms. The third-order valence-corrected chi connectivity index (χ3v) is 5.17. The molecule has 3 aliphatic rings. The van der Waals surface area contributed by atoms with Crippen LogP contribution in [0.4, 0.5) is 0 Å². The van der Waals surface area contributed by atoms with Crippen LogP contribution in [0.5, 0.6) is 0 Å². The van der Waals surface area contributed by atoms with Gasteiger partial charge in [-0.1, -0.05) is 36.4 Å². The molecule has 5 heteroatoms. The molecule has 4 rings (SSSR count). The summed E-state index contributed by atoms with van der Waals surface area (Å²) in [6, 6.07) is 8.10. The Morgan fingerprint density at radius 2 is 1.87 bits per heavy atom. The van der Waals surface area contributed by atoms with Crippen LogP contribution in [-0.2, 0) is 20.7 Å². The maximum Gasteiger partial charge on any atom is 0.310 e. The monoisotopic (exact) mass is 313 g/mol. The number of hydrogen-bond acceptors (Lipinski definition) is 3. The number of aliphatic carboxylic acids is 1. The third-order valence-electron chi connectivity index (χ3n) is 5.17. The zero-order chi connectivity index (χ0) is 16.0. The molecular weight excluding hydrogens is 294 g/mol. The molecule has 1 aromatic rings. The largest absolute Gasteiger partial charge is 0.481 e. The van der Waals surface area contributed by atoms with Crippen LogP contribution in [0.1, 0.15) is 30.0 Å². The van der Waals surface area contributed by atoms with E-state index >= 15 is 0 Å². The number of carbonyl (C=O) groups is 2. The molecule has 0 saturated carbocycles. The lowest BCUT2D eigenvalue weighted by molar-refractivity contribution is -0.146. The number of ether oxygens (including phenoxy) is 1. The molecule has 5 atom stereocenters. The maximum atomic E-state index is 12.7. The minimum absolute atomic E-state index is 0.0370. The first kappa shape index (κ1) is 14.5. The number of hydrogen-bond donors (Lipinski definition) is 2. The topological polar surface area (TPSA) is 75.6 Å². The molecule has 1 amide bonds. The molecule has 1 aliphatic carbocycles. The van der Waals surface area contributed by atoms with Gasteiger partial charge in [-0.2, -0.15) is 0 Å². The van der Waals surface area contributed by atoms with Gasteiger partial charge in [-0.15, -0.1) is 0 Å². The molecule has 1 saturated heterocycles. The molecule has 2 N–H and O–H groups in total. The number of carboxylic acid groups (broad SMARTS) is 1. The first-order valence-electron chi connectivity index (χ1n) is 8.10. The van der Waals surface area contributed by atoms with E-state index < -0.39 is 30.0 Å². The van der Waals surface area contributed by atoms with Crippen molar-refractivity contribution in [2.24, 2.45) is 11.8 Å². The highest BCUT2D eigenvalue weighted by Gasteiger charge is 2.53. The van der Waals surface area contributed by atoms with Crippen molar-refractivity contribution < 1.29 is 19.4 Å². The van der Waals surface area contributed by atoms with Crippen molar-refractivity contribution >= 4 is 11.9 Å². The molecule has 23 heavy (non-hydrogen) atoms. The summed E-state index contributed by atoms with van der Waals surface area (Å²) in [6.45, 7) is 0. The van der Waals surface area contributed by atoms with E-state index in [9.17, 15) is 14.7 Å². The SMILES string of the molecule is O=C(O)[C@@H]1[C@@H](C(=O)N[C@@H]2CCCc3ccccc32)[C@H]2C=C[C@H]1O2. The second-order valence-corrected chi connectivity index (χ2v) is 6.49. The lowest BCUT2D eigenvalue weighted by Crippen LogP contribution is -2.44. The van der Waals surface area contributed by atoms with Crippen LogP contribution < -0.4 is 5.32 Å². The molecule has 0 aromatic heterocycles. The molecule has 2 aliphatic heterocycles. The summed E-state index contributed by atoms with van der Waals surface area (Å²) < 4.78 is 5.59. The predicted octanol–water partition coefficient (Wildman–Crippen LogP) is 1.83. The van der Waals surface area contributed by atoms with Crippen LogP contribution in [0, 0.1) is 11.8 Å². The van der Waals surface area contributed by atoms with Gasteiger partial charge in [0.25, 0.3) is 0 Å². The van der Waals surface area contributed by atoms with E-state index in [0.717, 1.165) is 24.8 Å². The van der Waals surface area contributed by atoms with Crippen molar-refractivity contribution in [3.8, 4) is 0 Å². The summed E-state index contributed by atoms with van der Waals surface area (Å²) in [5.41, 5.74) is 2.42. The molecule has 2 heterocycles. The van der Waals surface area contributed by atoms with Gasteiger partial charge in [-0.05, 0) is 30.4 Å². The van der Waals surface area contributed by atoms with E-state index in [1.165, 1.54) is 5.56 Å². The first-order chi connectivity index (χ1) is 11.1. The number of nitrogens with one attached hydrogen (secondary N) is 1. The highest BCUT2D eigenvalue weighted by Crippen LogP contribution is 2.40. The quantitative estimate of drug-likeness (QED) is 0.835. The minimum atomic E-state index is -0.967. The Kier molecular flexibility index (Phi) is 3.45. The van der Waals surface area contributed by atoms with Crippen LogP contribution in [0.2, 0.25) is 0 Å². The lowest BCUT2D eigenvalue weighted by Gasteiger charge is -2.29. The van der Waals surface area contributed by atoms with Gasteiger partial charge in [0.1, 0.15) is 5.92 Å². The zero-order valence-electron chi connectivity index (χ0n) is 12.6. The fraction of sp³-hybridized carbons (Fsp3) is 0.444. The number of fused-ring (bicyclic) bond motifs is 3. The number of carboxylic acids is 1. The number of aryl methyl sites for hydroxylation is 1. The van der Waals surface area contributed by atoms with Crippen LogP contribution >= 0.6 is 0 Å². The highest BCUT2D eigenvalue weighted by atomic mass is 16.5. The predicted molar refractivity (Wildman–Crippen MR) is 82.7 cm³/mol.